The van der Waals surface area contributed by atoms with Crippen molar-refractivity contribution in [1.29, 1.82) is 5.26 Å². The maximum Gasteiger partial charge on any atom is 0.354 e. The van der Waals surface area contributed by atoms with Crippen LogP contribution in [0.5, 0.6) is 0 Å². The fourth-order valence-electron chi connectivity index (χ4n) is 1.53. The summed E-state index contributed by atoms with van der Waals surface area (Å²) in [6.07, 6.45) is 1.42. The normalized spacial score (nSPS) is 9.88. The van der Waals surface area contributed by atoms with Gasteiger partial charge >= 0.3 is 5.97 Å². The molecule has 0 unspecified atom stereocenters. The fourth-order valence-corrected chi connectivity index (χ4v) is 1.53. The summed E-state index contributed by atoms with van der Waals surface area (Å²) in [5, 5.41) is 21.7. The lowest BCUT2D eigenvalue weighted by atomic mass is 10.1. The predicted octanol–water partition coefficient (Wildman–Crippen LogP) is 1.05. The van der Waals surface area contributed by atoms with E-state index in [1.54, 1.807) is 25.2 Å². The molecule has 84 valence electrons. The number of carbonyl (C=O) groups is 1. The van der Waals surface area contributed by atoms with Gasteiger partial charge in [-0.25, -0.2) is 9.78 Å². The molecule has 0 aliphatic heterocycles. The Labute approximate surface area is 96.8 Å². The molecule has 6 nitrogen and oxygen atoms in total. The zero-order valence-corrected chi connectivity index (χ0v) is 8.95. The van der Waals surface area contributed by atoms with E-state index >= 15 is 0 Å². The Morgan fingerprint density at radius 2 is 2.29 bits per heavy atom. The first-order valence-corrected chi connectivity index (χ1v) is 4.76. The van der Waals surface area contributed by atoms with E-state index in [9.17, 15) is 4.79 Å². The molecule has 0 aliphatic rings. The molecular weight excluding hydrogens is 220 g/mol. The van der Waals surface area contributed by atoms with Gasteiger partial charge < -0.3 is 5.11 Å². The van der Waals surface area contributed by atoms with Crippen LogP contribution in [0.25, 0.3) is 11.3 Å². The molecule has 2 rings (SSSR count). The molecule has 2 heterocycles. The quantitative estimate of drug-likeness (QED) is 0.829. The molecule has 0 atom stereocenters. The van der Waals surface area contributed by atoms with Crippen molar-refractivity contribution in [1.82, 2.24) is 14.8 Å². The Balaban J connectivity index is 2.61. The van der Waals surface area contributed by atoms with Gasteiger partial charge in [-0.3, -0.25) is 4.68 Å². The first-order valence-electron chi connectivity index (χ1n) is 4.76. The third-order valence-electron chi connectivity index (χ3n) is 2.28. The maximum absolute atomic E-state index is 11.1. The van der Waals surface area contributed by atoms with Crippen LogP contribution >= 0.6 is 0 Å². The standard InChI is InChI=1S/C11H8N4O2/c1-15-10(11(16)17)8(6-13-15)9-4-2-3-7(5-12)14-9/h2-4,6H,1H3,(H,16,17). The molecule has 6 heteroatoms. The number of aromatic nitrogens is 3. The molecule has 0 spiro atoms. The van der Waals surface area contributed by atoms with Crippen LogP contribution < -0.4 is 0 Å². The first kappa shape index (κ1) is 10.8. The summed E-state index contributed by atoms with van der Waals surface area (Å²) >= 11 is 0. The second-order valence-electron chi connectivity index (χ2n) is 3.36. The topological polar surface area (TPSA) is 91.8 Å². The van der Waals surface area contributed by atoms with E-state index in [2.05, 4.69) is 10.1 Å². The Morgan fingerprint density at radius 1 is 1.53 bits per heavy atom. The van der Waals surface area contributed by atoms with Gasteiger partial charge in [0.25, 0.3) is 0 Å². The highest BCUT2D eigenvalue weighted by atomic mass is 16.4. The number of hydrogen-bond donors (Lipinski definition) is 1. The minimum atomic E-state index is -1.08. The second-order valence-corrected chi connectivity index (χ2v) is 3.36. The molecular formula is C11H8N4O2. The number of nitriles is 1. The lowest BCUT2D eigenvalue weighted by Crippen LogP contribution is -2.07. The van der Waals surface area contributed by atoms with E-state index in [0.29, 0.717) is 11.3 Å². The highest BCUT2D eigenvalue weighted by molar-refractivity contribution is 5.93. The first-order chi connectivity index (χ1) is 8.13. The van der Waals surface area contributed by atoms with Gasteiger partial charge in [0, 0.05) is 7.05 Å². The fraction of sp³-hybridized carbons (Fsp3) is 0.0909. The van der Waals surface area contributed by atoms with Crippen LogP contribution in [0.15, 0.2) is 24.4 Å². The number of aromatic carboxylic acids is 1. The summed E-state index contributed by atoms with van der Waals surface area (Å²) < 4.78 is 1.26. The van der Waals surface area contributed by atoms with Crippen molar-refractivity contribution in [3.05, 3.63) is 35.8 Å². The van der Waals surface area contributed by atoms with E-state index in [1.807, 2.05) is 6.07 Å². The number of hydrogen-bond acceptors (Lipinski definition) is 4. The number of aryl methyl sites for hydroxylation is 1. The van der Waals surface area contributed by atoms with E-state index in [0.717, 1.165) is 0 Å². The lowest BCUT2D eigenvalue weighted by molar-refractivity contribution is 0.0686. The van der Waals surface area contributed by atoms with Gasteiger partial charge in [-0.1, -0.05) is 6.07 Å². The van der Waals surface area contributed by atoms with E-state index in [-0.39, 0.29) is 11.4 Å². The Hall–Kier alpha value is -2.68. The zero-order valence-electron chi connectivity index (χ0n) is 8.95. The van der Waals surface area contributed by atoms with Gasteiger partial charge in [-0.05, 0) is 12.1 Å². The van der Waals surface area contributed by atoms with Crippen LogP contribution in [0.1, 0.15) is 16.2 Å². The molecule has 0 aliphatic carbocycles. The average molecular weight is 228 g/mol. The highest BCUT2D eigenvalue weighted by Gasteiger charge is 2.18. The van der Waals surface area contributed by atoms with Crippen molar-refractivity contribution in [3.63, 3.8) is 0 Å². The molecule has 1 N–H and O–H groups in total. The SMILES string of the molecule is Cn1ncc(-c2cccc(C#N)n2)c1C(=O)O. The predicted molar refractivity (Wildman–Crippen MR) is 58.1 cm³/mol. The van der Waals surface area contributed by atoms with Gasteiger partial charge in [-0.15, -0.1) is 0 Å². The average Bonchev–Trinajstić information content (AvgIpc) is 2.71. The van der Waals surface area contributed by atoms with Gasteiger partial charge in [0.15, 0.2) is 5.69 Å². The molecule has 17 heavy (non-hydrogen) atoms. The van der Waals surface area contributed by atoms with Gasteiger partial charge in [-0.2, -0.15) is 10.4 Å². The van der Waals surface area contributed by atoms with E-state index in [1.165, 1.54) is 10.9 Å². The maximum atomic E-state index is 11.1. The summed E-state index contributed by atoms with van der Waals surface area (Å²) in [5.74, 6) is -1.08. The molecule has 2 aromatic rings. The Bertz CT molecular complexity index is 625. The second kappa shape index (κ2) is 4.06. The van der Waals surface area contributed by atoms with Crippen LogP contribution in [-0.2, 0) is 7.05 Å². The monoisotopic (exact) mass is 228 g/mol. The van der Waals surface area contributed by atoms with E-state index < -0.39 is 5.97 Å². The number of rotatable bonds is 2. The van der Waals surface area contributed by atoms with Crippen LogP contribution in [0, 0.1) is 11.3 Å². The third-order valence-corrected chi connectivity index (χ3v) is 2.28. The molecule has 0 fully saturated rings. The van der Waals surface area contributed by atoms with Crippen LogP contribution in [0.2, 0.25) is 0 Å². The molecule has 2 aromatic heterocycles. The number of pyridine rings is 1. The van der Waals surface area contributed by atoms with Gasteiger partial charge in [0.1, 0.15) is 11.8 Å². The van der Waals surface area contributed by atoms with Crippen molar-refractivity contribution in [2.45, 2.75) is 0 Å². The molecule has 0 saturated carbocycles. The van der Waals surface area contributed by atoms with Crippen molar-refractivity contribution in [2.75, 3.05) is 0 Å². The van der Waals surface area contributed by atoms with Crippen molar-refractivity contribution in [3.8, 4) is 17.3 Å². The summed E-state index contributed by atoms with van der Waals surface area (Å²) in [6, 6.07) is 6.76. The zero-order chi connectivity index (χ0) is 12.4. The number of carboxylic acid groups (broad SMARTS) is 1. The van der Waals surface area contributed by atoms with Crippen molar-refractivity contribution < 1.29 is 9.90 Å². The smallest absolute Gasteiger partial charge is 0.354 e. The molecule has 0 amide bonds. The Morgan fingerprint density at radius 3 is 2.94 bits per heavy atom. The third kappa shape index (κ3) is 1.86. The van der Waals surface area contributed by atoms with Crippen LogP contribution in [-0.4, -0.2) is 25.8 Å². The molecule has 0 saturated heterocycles. The molecule has 0 aromatic carbocycles. The summed E-state index contributed by atoms with van der Waals surface area (Å²) in [6.45, 7) is 0. The van der Waals surface area contributed by atoms with Gasteiger partial charge in [0.05, 0.1) is 17.5 Å². The number of carboxylic acids is 1. The minimum Gasteiger partial charge on any atom is -0.477 e. The van der Waals surface area contributed by atoms with Gasteiger partial charge in [0.2, 0.25) is 0 Å². The van der Waals surface area contributed by atoms with Crippen LogP contribution in [0.3, 0.4) is 0 Å². The van der Waals surface area contributed by atoms with E-state index in [4.69, 9.17) is 10.4 Å². The van der Waals surface area contributed by atoms with Crippen molar-refractivity contribution >= 4 is 5.97 Å². The number of nitrogens with zero attached hydrogens (tertiary/aromatic N) is 4. The largest absolute Gasteiger partial charge is 0.477 e. The lowest BCUT2D eigenvalue weighted by Gasteiger charge is -2.00. The minimum absolute atomic E-state index is 0.0487. The Kier molecular flexibility index (Phi) is 2.58. The molecule has 0 bridgehead atoms. The summed E-state index contributed by atoms with van der Waals surface area (Å²) in [5.41, 5.74) is 1.11. The molecule has 0 radical (unpaired) electrons. The van der Waals surface area contributed by atoms with Crippen molar-refractivity contribution in [2.24, 2.45) is 7.05 Å². The van der Waals surface area contributed by atoms with Crippen LogP contribution in [0.4, 0.5) is 0 Å². The summed E-state index contributed by atoms with van der Waals surface area (Å²) in [7, 11) is 1.54. The highest BCUT2D eigenvalue weighted by Crippen LogP contribution is 2.21. The summed E-state index contributed by atoms with van der Waals surface area (Å²) in [4.78, 5) is 15.1.